The van der Waals surface area contributed by atoms with E-state index in [1.807, 2.05) is 6.92 Å². The molecule has 0 amide bonds. The van der Waals surface area contributed by atoms with Crippen molar-refractivity contribution in [1.29, 1.82) is 0 Å². The van der Waals surface area contributed by atoms with Crippen LogP contribution in [0, 0.1) is 17.3 Å². The van der Waals surface area contributed by atoms with Gasteiger partial charge in [0.2, 0.25) is 0 Å². The maximum Gasteiger partial charge on any atom is 0.310 e. The first-order valence-electron chi connectivity index (χ1n) is 5.58. The Kier molecular flexibility index (Phi) is 2.80. The van der Waals surface area contributed by atoms with Crippen LogP contribution < -0.4 is 0 Å². The molecule has 84 valence electrons. The molecule has 3 unspecified atom stereocenters. The summed E-state index contributed by atoms with van der Waals surface area (Å²) in [6.45, 7) is 1.92. The number of carboxylic acids is 1. The predicted octanol–water partition coefficient (Wildman–Crippen LogP) is 3.41. The molecule has 2 saturated carbocycles. The van der Waals surface area contributed by atoms with Crippen LogP contribution in [0.1, 0.15) is 39.0 Å². The monoisotopic (exact) mass is 228 g/mol. The molecule has 0 aromatic carbocycles. The topological polar surface area (TPSA) is 37.3 Å². The quantitative estimate of drug-likeness (QED) is 0.804. The SMILES string of the molecule is CC(=CCl)CC1(C(=O)O)CC2CCC1C2. The Balaban J connectivity index is 2.23. The zero-order chi connectivity index (χ0) is 11.1. The minimum atomic E-state index is -0.618. The highest BCUT2D eigenvalue weighted by Gasteiger charge is 2.55. The standard InChI is InChI=1S/C12H17ClO2/c1-8(7-13)5-12(11(14)15)6-9-2-3-10(12)4-9/h7,9-10H,2-6H2,1H3,(H,14,15). The molecule has 2 bridgehead atoms. The minimum absolute atomic E-state index is 0.381. The van der Waals surface area contributed by atoms with Crippen LogP contribution in [0.25, 0.3) is 0 Å². The normalized spacial score (nSPS) is 39.7. The Morgan fingerprint density at radius 1 is 1.60 bits per heavy atom. The van der Waals surface area contributed by atoms with E-state index in [0.29, 0.717) is 18.3 Å². The molecule has 2 aliphatic carbocycles. The van der Waals surface area contributed by atoms with E-state index in [0.717, 1.165) is 24.8 Å². The summed E-state index contributed by atoms with van der Waals surface area (Å²) in [5, 5.41) is 9.46. The van der Waals surface area contributed by atoms with Crippen molar-refractivity contribution in [3.05, 3.63) is 11.1 Å². The van der Waals surface area contributed by atoms with Crippen LogP contribution in [0.5, 0.6) is 0 Å². The first-order valence-corrected chi connectivity index (χ1v) is 6.01. The van der Waals surface area contributed by atoms with Gasteiger partial charge in [0, 0.05) is 5.54 Å². The van der Waals surface area contributed by atoms with Crippen molar-refractivity contribution >= 4 is 17.6 Å². The van der Waals surface area contributed by atoms with Gasteiger partial charge in [0.25, 0.3) is 0 Å². The van der Waals surface area contributed by atoms with E-state index < -0.39 is 11.4 Å². The molecule has 3 heteroatoms. The van der Waals surface area contributed by atoms with Crippen LogP contribution in [0.3, 0.4) is 0 Å². The predicted molar refractivity (Wildman–Crippen MR) is 59.7 cm³/mol. The molecule has 2 nitrogen and oxygen atoms in total. The second-order valence-electron chi connectivity index (χ2n) is 5.17. The number of hydrogen-bond donors (Lipinski definition) is 1. The van der Waals surface area contributed by atoms with Crippen molar-refractivity contribution in [3.63, 3.8) is 0 Å². The summed E-state index contributed by atoms with van der Waals surface area (Å²) in [6.07, 6.45) is 4.92. The number of rotatable bonds is 3. The van der Waals surface area contributed by atoms with Gasteiger partial charge in [-0.1, -0.05) is 23.6 Å². The van der Waals surface area contributed by atoms with Gasteiger partial charge in [0.05, 0.1) is 5.41 Å². The first-order chi connectivity index (χ1) is 7.08. The highest BCUT2D eigenvalue weighted by atomic mass is 35.5. The van der Waals surface area contributed by atoms with Crippen molar-refractivity contribution in [1.82, 2.24) is 0 Å². The van der Waals surface area contributed by atoms with Crippen molar-refractivity contribution in [2.24, 2.45) is 17.3 Å². The van der Waals surface area contributed by atoms with Crippen LogP contribution in [0.2, 0.25) is 0 Å². The number of aliphatic carboxylic acids is 1. The summed E-state index contributed by atoms with van der Waals surface area (Å²) >= 11 is 5.64. The molecule has 2 aliphatic rings. The van der Waals surface area contributed by atoms with Crippen LogP contribution >= 0.6 is 11.6 Å². The Bertz CT molecular complexity index is 311. The van der Waals surface area contributed by atoms with E-state index >= 15 is 0 Å². The zero-order valence-corrected chi connectivity index (χ0v) is 9.76. The first kappa shape index (κ1) is 11.0. The summed E-state index contributed by atoms with van der Waals surface area (Å²) in [7, 11) is 0. The van der Waals surface area contributed by atoms with E-state index in [1.165, 1.54) is 12.0 Å². The number of carbonyl (C=O) groups is 1. The molecular formula is C12H17ClO2. The third kappa shape index (κ3) is 1.69. The Labute approximate surface area is 95.3 Å². The molecule has 0 spiro atoms. The number of fused-ring (bicyclic) bond motifs is 2. The molecule has 0 aliphatic heterocycles. The summed E-state index contributed by atoms with van der Waals surface area (Å²) in [4.78, 5) is 11.5. The van der Waals surface area contributed by atoms with Crippen molar-refractivity contribution < 1.29 is 9.90 Å². The molecule has 0 heterocycles. The second-order valence-corrected chi connectivity index (χ2v) is 5.39. The maximum atomic E-state index is 11.5. The van der Waals surface area contributed by atoms with Crippen molar-refractivity contribution in [3.8, 4) is 0 Å². The molecule has 0 radical (unpaired) electrons. The van der Waals surface area contributed by atoms with E-state index in [4.69, 9.17) is 11.6 Å². The van der Waals surface area contributed by atoms with Gasteiger partial charge in [-0.3, -0.25) is 4.79 Å². The van der Waals surface area contributed by atoms with E-state index in [2.05, 4.69) is 0 Å². The number of allylic oxidation sites excluding steroid dienone is 1. The van der Waals surface area contributed by atoms with Crippen molar-refractivity contribution in [2.75, 3.05) is 0 Å². The smallest absolute Gasteiger partial charge is 0.310 e. The zero-order valence-electron chi connectivity index (χ0n) is 9.00. The highest BCUT2D eigenvalue weighted by Crippen LogP contribution is 2.58. The van der Waals surface area contributed by atoms with Gasteiger partial charge in [0.15, 0.2) is 0 Å². The summed E-state index contributed by atoms with van der Waals surface area (Å²) in [5.41, 5.74) is 2.02. The van der Waals surface area contributed by atoms with Crippen LogP contribution in [0.4, 0.5) is 0 Å². The van der Waals surface area contributed by atoms with Crippen molar-refractivity contribution in [2.45, 2.75) is 39.0 Å². The minimum Gasteiger partial charge on any atom is -0.481 e. The van der Waals surface area contributed by atoms with Gasteiger partial charge in [-0.2, -0.15) is 0 Å². The van der Waals surface area contributed by atoms with Crippen LogP contribution in [0.15, 0.2) is 11.1 Å². The summed E-state index contributed by atoms with van der Waals surface area (Å²) in [6, 6.07) is 0. The van der Waals surface area contributed by atoms with E-state index in [-0.39, 0.29) is 0 Å². The lowest BCUT2D eigenvalue weighted by molar-refractivity contribution is -0.152. The van der Waals surface area contributed by atoms with E-state index in [1.54, 1.807) is 0 Å². The van der Waals surface area contributed by atoms with Gasteiger partial charge in [-0.15, -0.1) is 0 Å². The average molecular weight is 229 g/mol. The molecule has 2 fully saturated rings. The van der Waals surface area contributed by atoms with Crippen LogP contribution in [-0.2, 0) is 4.79 Å². The fourth-order valence-electron chi connectivity index (χ4n) is 3.53. The Morgan fingerprint density at radius 2 is 2.33 bits per heavy atom. The molecule has 1 N–H and O–H groups in total. The van der Waals surface area contributed by atoms with Gasteiger partial charge in [-0.25, -0.2) is 0 Å². The third-order valence-electron chi connectivity index (χ3n) is 4.18. The molecule has 2 rings (SSSR count). The van der Waals surface area contributed by atoms with Gasteiger partial charge >= 0.3 is 5.97 Å². The number of halogens is 1. The number of carboxylic acid groups (broad SMARTS) is 1. The molecule has 0 aromatic rings. The average Bonchev–Trinajstić information content (AvgIpc) is 2.77. The Morgan fingerprint density at radius 3 is 2.73 bits per heavy atom. The lowest BCUT2D eigenvalue weighted by atomic mass is 9.69. The largest absolute Gasteiger partial charge is 0.481 e. The third-order valence-corrected chi connectivity index (χ3v) is 4.55. The number of hydrogen-bond acceptors (Lipinski definition) is 1. The maximum absolute atomic E-state index is 11.5. The summed E-state index contributed by atoms with van der Waals surface area (Å²) in [5.74, 6) is 0.411. The summed E-state index contributed by atoms with van der Waals surface area (Å²) < 4.78 is 0. The molecule has 0 aromatic heterocycles. The molecule has 15 heavy (non-hydrogen) atoms. The van der Waals surface area contributed by atoms with E-state index in [9.17, 15) is 9.90 Å². The molecule has 3 atom stereocenters. The lowest BCUT2D eigenvalue weighted by Gasteiger charge is -2.33. The fourth-order valence-corrected chi connectivity index (χ4v) is 3.61. The van der Waals surface area contributed by atoms with Crippen LogP contribution in [-0.4, -0.2) is 11.1 Å². The molecule has 0 saturated heterocycles. The molecular weight excluding hydrogens is 212 g/mol. The van der Waals surface area contributed by atoms with Gasteiger partial charge in [-0.05, 0) is 44.4 Å². The lowest BCUT2D eigenvalue weighted by Crippen LogP contribution is -2.36. The fraction of sp³-hybridized carbons (Fsp3) is 0.750. The Hall–Kier alpha value is -0.500. The van der Waals surface area contributed by atoms with Gasteiger partial charge < -0.3 is 5.11 Å². The second kappa shape index (κ2) is 3.82. The van der Waals surface area contributed by atoms with Gasteiger partial charge in [0.1, 0.15) is 0 Å². The highest BCUT2D eigenvalue weighted by molar-refractivity contribution is 6.25.